The largest absolute Gasteiger partial charge is 0.464 e. The van der Waals surface area contributed by atoms with Gasteiger partial charge < -0.3 is 9.67 Å². The second kappa shape index (κ2) is 7.29. The lowest BCUT2D eigenvalue weighted by atomic mass is 9.98. The number of pyridine rings is 1. The van der Waals surface area contributed by atoms with Crippen LogP contribution in [-0.4, -0.2) is 20.3 Å². The Labute approximate surface area is 178 Å². The first kappa shape index (κ1) is 18.9. The Morgan fingerprint density at radius 3 is 2.16 bits per heavy atom. The van der Waals surface area contributed by atoms with E-state index in [0.29, 0.717) is 23.1 Å². The summed E-state index contributed by atoms with van der Waals surface area (Å²) in [6, 6.07) is 24.8. The molecule has 5 heteroatoms. The summed E-state index contributed by atoms with van der Waals surface area (Å²) in [7, 11) is 0. The zero-order valence-corrected chi connectivity index (χ0v) is 16.9. The molecule has 2 aromatic heterocycles. The number of para-hydroxylation sites is 1. The van der Waals surface area contributed by atoms with Crippen LogP contribution < -0.4 is 5.56 Å². The molecule has 0 fully saturated rings. The van der Waals surface area contributed by atoms with E-state index in [1.165, 1.54) is 4.57 Å². The van der Waals surface area contributed by atoms with Crippen molar-refractivity contribution in [1.82, 2.24) is 9.13 Å². The smallest absolute Gasteiger partial charge is 0.416 e. The van der Waals surface area contributed by atoms with E-state index in [4.69, 9.17) is 0 Å². The molecule has 152 valence electrons. The summed E-state index contributed by atoms with van der Waals surface area (Å²) in [4.78, 5) is 25.3. The molecule has 5 aromatic rings. The van der Waals surface area contributed by atoms with Crippen LogP contribution in [0.3, 0.4) is 0 Å². The van der Waals surface area contributed by atoms with Crippen molar-refractivity contribution in [2.75, 3.05) is 0 Å². The van der Waals surface area contributed by atoms with Gasteiger partial charge >= 0.3 is 6.09 Å². The molecule has 2 heterocycles. The standard InChI is InChI=1S/C26H20N2O3/c1-17-24(21-13-7-8-14-23(21)28(17)26(30)31)22-16-27(15-18-9-3-2-4-10-18)25(29)20-12-6-5-11-19(20)22/h2-14,16H,15H2,1H3,(H,30,31). The maximum absolute atomic E-state index is 13.2. The van der Waals surface area contributed by atoms with Crippen LogP contribution in [0.4, 0.5) is 4.79 Å². The average Bonchev–Trinajstić information content (AvgIpc) is 3.08. The molecule has 5 nitrogen and oxygen atoms in total. The minimum Gasteiger partial charge on any atom is -0.464 e. The van der Waals surface area contributed by atoms with E-state index in [9.17, 15) is 14.7 Å². The number of hydrogen-bond acceptors (Lipinski definition) is 2. The van der Waals surface area contributed by atoms with Gasteiger partial charge in [-0.2, -0.15) is 0 Å². The number of hydrogen-bond donors (Lipinski definition) is 1. The van der Waals surface area contributed by atoms with Crippen LogP contribution in [0, 0.1) is 6.92 Å². The fraction of sp³-hybridized carbons (Fsp3) is 0.0769. The van der Waals surface area contributed by atoms with E-state index >= 15 is 0 Å². The van der Waals surface area contributed by atoms with Gasteiger partial charge in [-0.3, -0.25) is 4.79 Å². The van der Waals surface area contributed by atoms with Gasteiger partial charge in [-0.1, -0.05) is 66.7 Å². The number of benzene rings is 3. The summed E-state index contributed by atoms with van der Waals surface area (Å²) in [6.45, 7) is 2.25. The SMILES string of the molecule is Cc1c(-c2cn(Cc3ccccc3)c(=O)c3ccccc23)c2ccccc2n1C(=O)O. The number of carbonyl (C=O) groups is 1. The lowest BCUT2D eigenvalue weighted by Crippen LogP contribution is -2.21. The lowest BCUT2D eigenvalue weighted by Gasteiger charge is -2.13. The molecule has 5 rings (SSSR count). The van der Waals surface area contributed by atoms with Crippen LogP contribution in [0.25, 0.3) is 32.8 Å². The van der Waals surface area contributed by atoms with Crippen molar-refractivity contribution in [3.05, 3.63) is 107 Å². The predicted octanol–water partition coefficient (Wildman–Crippen LogP) is 5.51. The molecule has 0 radical (unpaired) electrons. The van der Waals surface area contributed by atoms with E-state index in [1.807, 2.05) is 92.0 Å². The van der Waals surface area contributed by atoms with Gasteiger partial charge in [0.2, 0.25) is 0 Å². The Hall–Kier alpha value is -4.12. The Kier molecular flexibility index (Phi) is 4.44. The summed E-state index contributed by atoms with van der Waals surface area (Å²) >= 11 is 0. The molecule has 0 atom stereocenters. The molecule has 0 aliphatic carbocycles. The minimum atomic E-state index is -1.03. The fourth-order valence-electron chi connectivity index (χ4n) is 4.39. The highest BCUT2D eigenvalue weighted by atomic mass is 16.4. The van der Waals surface area contributed by atoms with Gasteiger partial charge in [-0.15, -0.1) is 0 Å². The van der Waals surface area contributed by atoms with E-state index in [-0.39, 0.29) is 5.56 Å². The van der Waals surface area contributed by atoms with Gasteiger partial charge in [0.05, 0.1) is 12.1 Å². The number of nitrogens with zero attached hydrogens (tertiary/aromatic N) is 2. The Bertz CT molecular complexity index is 1510. The van der Waals surface area contributed by atoms with E-state index in [0.717, 1.165) is 27.5 Å². The zero-order valence-electron chi connectivity index (χ0n) is 16.9. The molecular formula is C26H20N2O3. The summed E-state index contributed by atoms with van der Waals surface area (Å²) in [5, 5.41) is 12.1. The maximum atomic E-state index is 13.2. The summed E-state index contributed by atoms with van der Waals surface area (Å²) in [5.74, 6) is 0. The maximum Gasteiger partial charge on any atom is 0.416 e. The van der Waals surface area contributed by atoms with Crippen LogP contribution in [0.5, 0.6) is 0 Å². The van der Waals surface area contributed by atoms with Crippen molar-refractivity contribution in [3.63, 3.8) is 0 Å². The molecule has 0 spiro atoms. The van der Waals surface area contributed by atoms with Gasteiger partial charge in [-0.25, -0.2) is 9.36 Å². The number of aromatic nitrogens is 2. The van der Waals surface area contributed by atoms with Crippen LogP contribution in [0.15, 0.2) is 89.9 Å². The van der Waals surface area contributed by atoms with Crippen molar-refractivity contribution in [1.29, 1.82) is 0 Å². The van der Waals surface area contributed by atoms with Crippen molar-refractivity contribution in [2.45, 2.75) is 13.5 Å². The van der Waals surface area contributed by atoms with Crippen molar-refractivity contribution in [2.24, 2.45) is 0 Å². The lowest BCUT2D eigenvalue weighted by molar-refractivity contribution is 0.197. The van der Waals surface area contributed by atoms with Crippen molar-refractivity contribution < 1.29 is 9.90 Å². The van der Waals surface area contributed by atoms with E-state index in [2.05, 4.69) is 0 Å². The first-order valence-corrected chi connectivity index (χ1v) is 10.1. The van der Waals surface area contributed by atoms with Gasteiger partial charge in [0.25, 0.3) is 5.56 Å². The zero-order chi connectivity index (χ0) is 21.5. The molecule has 0 amide bonds. The topological polar surface area (TPSA) is 64.2 Å². The fourth-order valence-corrected chi connectivity index (χ4v) is 4.39. The van der Waals surface area contributed by atoms with Crippen LogP contribution in [-0.2, 0) is 6.54 Å². The van der Waals surface area contributed by atoms with Crippen molar-refractivity contribution >= 4 is 27.8 Å². The highest BCUT2D eigenvalue weighted by Gasteiger charge is 2.21. The van der Waals surface area contributed by atoms with Crippen molar-refractivity contribution in [3.8, 4) is 11.1 Å². The quantitative estimate of drug-likeness (QED) is 0.428. The molecule has 0 aliphatic rings. The third-order valence-corrected chi connectivity index (χ3v) is 5.76. The normalized spacial score (nSPS) is 11.3. The first-order valence-electron chi connectivity index (χ1n) is 10.1. The molecule has 1 N–H and O–H groups in total. The molecule has 0 bridgehead atoms. The summed E-state index contributed by atoms with van der Waals surface area (Å²) in [5.41, 5.74) is 3.89. The molecule has 31 heavy (non-hydrogen) atoms. The van der Waals surface area contributed by atoms with Gasteiger partial charge in [0.15, 0.2) is 0 Å². The monoisotopic (exact) mass is 408 g/mol. The molecule has 0 aliphatic heterocycles. The molecule has 0 unspecified atom stereocenters. The predicted molar refractivity (Wildman–Crippen MR) is 123 cm³/mol. The first-order chi connectivity index (χ1) is 15.1. The van der Waals surface area contributed by atoms with Gasteiger partial charge in [0.1, 0.15) is 0 Å². The summed E-state index contributed by atoms with van der Waals surface area (Å²) in [6.07, 6.45) is 0.834. The van der Waals surface area contributed by atoms with E-state index in [1.54, 1.807) is 4.57 Å². The highest BCUT2D eigenvalue weighted by Crippen LogP contribution is 2.37. The third kappa shape index (κ3) is 3.02. The molecule has 0 saturated heterocycles. The van der Waals surface area contributed by atoms with Gasteiger partial charge in [-0.05, 0) is 30.0 Å². The van der Waals surface area contributed by atoms with E-state index < -0.39 is 6.09 Å². The third-order valence-electron chi connectivity index (χ3n) is 5.76. The molecule has 3 aromatic carbocycles. The second-order valence-corrected chi connectivity index (χ2v) is 7.60. The Balaban J connectivity index is 1.86. The average molecular weight is 408 g/mol. The Morgan fingerprint density at radius 1 is 0.839 bits per heavy atom. The second-order valence-electron chi connectivity index (χ2n) is 7.60. The van der Waals surface area contributed by atoms with Crippen LogP contribution in [0.2, 0.25) is 0 Å². The molecule has 0 saturated carbocycles. The molecular weight excluding hydrogens is 388 g/mol. The Morgan fingerprint density at radius 2 is 1.45 bits per heavy atom. The highest BCUT2D eigenvalue weighted by molar-refractivity contribution is 6.08. The number of carboxylic acid groups (broad SMARTS) is 1. The van der Waals surface area contributed by atoms with Crippen LogP contribution in [0.1, 0.15) is 11.3 Å². The van der Waals surface area contributed by atoms with Gasteiger partial charge in [0, 0.05) is 33.8 Å². The number of rotatable bonds is 3. The van der Waals surface area contributed by atoms with Crippen LogP contribution >= 0.6 is 0 Å². The summed E-state index contributed by atoms with van der Waals surface area (Å²) < 4.78 is 3.02. The minimum absolute atomic E-state index is 0.0668. The number of fused-ring (bicyclic) bond motifs is 2.